The van der Waals surface area contributed by atoms with Crippen LogP contribution in [0.2, 0.25) is 5.02 Å². The molecule has 1 amide bonds. The van der Waals surface area contributed by atoms with E-state index in [9.17, 15) is 4.79 Å². The van der Waals surface area contributed by atoms with Crippen LogP contribution in [0.5, 0.6) is 5.75 Å². The van der Waals surface area contributed by atoms with Crippen LogP contribution in [0.25, 0.3) is 0 Å². The molecule has 4 nitrogen and oxygen atoms in total. The van der Waals surface area contributed by atoms with Crippen LogP contribution in [0.1, 0.15) is 11.6 Å². The first-order valence-corrected chi connectivity index (χ1v) is 5.00. The van der Waals surface area contributed by atoms with Gasteiger partial charge in [0.15, 0.2) is 0 Å². The highest BCUT2D eigenvalue weighted by atomic mass is 35.5. The van der Waals surface area contributed by atoms with Crippen LogP contribution in [-0.4, -0.2) is 19.1 Å². The Balaban J connectivity index is 0.00000128. The molecule has 0 bridgehead atoms. The van der Waals surface area contributed by atoms with Crippen LogP contribution in [-0.2, 0) is 4.79 Å². The van der Waals surface area contributed by atoms with E-state index in [1.165, 1.54) is 0 Å². The summed E-state index contributed by atoms with van der Waals surface area (Å²) in [5.41, 5.74) is 6.13. The van der Waals surface area contributed by atoms with Gasteiger partial charge in [-0.25, -0.2) is 0 Å². The minimum absolute atomic E-state index is 0. The van der Waals surface area contributed by atoms with Crippen LogP contribution in [0.4, 0.5) is 0 Å². The van der Waals surface area contributed by atoms with Crippen molar-refractivity contribution in [2.75, 3.05) is 13.2 Å². The fourth-order valence-electron chi connectivity index (χ4n) is 1.56. The molecule has 0 aliphatic carbocycles. The molecule has 1 aromatic carbocycles. The summed E-state index contributed by atoms with van der Waals surface area (Å²) in [6.45, 7) is 0.411. The molecule has 1 aliphatic rings. The summed E-state index contributed by atoms with van der Waals surface area (Å²) in [7, 11) is 0. The summed E-state index contributed by atoms with van der Waals surface area (Å²) >= 11 is 5.87. The van der Waals surface area contributed by atoms with E-state index < -0.39 is 0 Å². The van der Waals surface area contributed by atoms with Gasteiger partial charge in [-0.2, -0.15) is 0 Å². The van der Waals surface area contributed by atoms with Gasteiger partial charge < -0.3 is 15.8 Å². The van der Waals surface area contributed by atoms with Crippen LogP contribution in [0.3, 0.4) is 0 Å². The van der Waals surface area contributed by atoms with Crippen molar-refractivity contribution in [3.63, 3.8) is 0 Å². The maximum Gasteiger partial charge on any atom is 0.234 e. The van der Waals surface area contributed by atoms with E-state index in [2.05, 4.69) is 5.32 Å². The zero-order valence-electron chi connectivity index (χ0n) is 8.40. The second-order valence-corrected chi connectivity index (χ2v) is 3.75. The number of rotatable bonds is 2. The lowest BCUT2D eigenvalue weighted by atomic mass is 10.1. The Bertz CT molecular complexity index is 398. The Labute approximate surface area is 105 Å². The first-order chi connectivity index (χ1) is 7.20. The Hall–Kier alpha value is -0.970. The Kier molecular flexibility index (Phi) is 4.41. The number of amides is 1. The molecule has 1 aliphatic heterocycles. The fourth-order valence-corrected chi connectivity index (χ4v) is 1.74. The van der Waals surface area contributed by atoms with Crippen molar-refractivity contribution in [2.24, 2.45) is 5.73 Å². The highest BCUT2D eigenvalue weighted by Gasteiger charge is 2.25. The molecule has 0 aromatic heterocycles. The number of ether oxygens (including phenoxy) is 1. The number of nitrogens with two attached hydrogens (primary N) is 1. The van der Waals surface area contributed by atoms with Crippen LogP contribution < -0.4 is 15.8 Å². The van der Waals surface area contributed by atoms with E-state index in [1.54, 1.807) is 18.2 Å². The van der Waals surface area contributed by atoms with Gasteiger partial charge in [-0.3, -0.25) is 4.79 Å². The lowest BCUT2D eigenvalue weighted by Crippen LogP contribution is -2.34. The summed E-state index contributed by atoms with van der Waals surface area (Å²) in [6, 6.07) is 5.21. The van der Waals surface area contributed by atoms with Crippen LogP contribution in [0.15, 0.2) is 18.2 Å². The number of carbonyl (C=O) groups is 1. The van der Waals surface area contributed by atoms with Crippen molar-refractivity contribution in [1.29, 1.82) is 0 Å². The quantitative estimate of drug-likeness (QED) is 0.844. The molecule has 3 N–H and O–H groups in total. The largest absolute Gasteiger partial charge is 0.491 e. The topological polar surface area (TPSA) is 64.4 Å². The molecule has 1 atom stereocenters. The normalized spacial score (nSPS) is 17.0. The Morgan fingerprint density at radius 2 is 2.38 bits per heavy atom. The minimum Gasteiger partial charge on any atom is -0.491 e. The summed E-state index contributed by atoms with van der Waals surface area (Å²) < 4.78 is 5.40. The summed E-state index contributed by atoms with van der Waals surface area (Å²) in [5, 5.41) is 3.40. The maximum absolute atomic E-state index is 11.1. The lowest BCUT2D eigenvalue weighted by molar-refractivity contribution is -0.120. The van der Waals surface area contributed by atoms with E-state index >= 15 is 0 Å². The van der Waals surface area contributed by atoms with Crippen molar-refractivity contribution in [2.45, 2.75) is 6.04 Å². The zero-order chi connectivity index (χ0) is 10.8. The van der Waals surface area contributed by atoms with E-state index in [4.69, 9.17) is 22.1 Å². The highest BCUT2D eigenvalue weighted by Crippen LogP contribution is 2.34. The van der Waals surface area contributed by atoms with Gasteiger partial charge in [-0.1, -0.05) is 11.6 Å². The average Bonchev–Trinajstić information content (AvgIpc) is 2.61. The van der Waals surface area contributed by atoms with Crippen LogP contribution in [0, 0.1) is 0 Å². The zero-order valence-corrected chi connectivity index (χ0v) is 9.98. The second kappa shape index (κ2) is 5.39. The van der Waals surface area contributed by atoms with Gasteiger partial charge in [-0.05, 0) is 18.2 Å². The SMILES string of the molecule is Cl.NCC(=O)NC1COc2ccc(Cl)cc21. The number of halogens is 2. The van der Waals surface area contributed by atoms with Crippen molar-refractivity contribution in [3.8, 4) is 5.75 Å². The third-order valence-electron chi connectivity index (χ3n) is 2.27. The van der Waals surface area contributed by atoms with Crippen molar-refractivity contribution >= 4 is 29.9 Å². The molecule has 2 rings (SSSR count). The number of nitrogens with one attached hydrogen (secondary N) is 1. The monoisotopic (exact) mass is 262 g/mol. The maximum atomic E-state index is 11.1. The van der Waals surface area contributed by atoms with E-state index in [1.807, 2.05) is 0 Å². The smallest absolute Gasteiger partial charge is 0.234 e. The number of fused-ring (bicyclic) bond motifs is 1. The molecule has 6 heteroatoms. The van der Waals surface area contributed by atoms with Gasteiger partial charge in [-0.15, -0.1) is 12.4 Å². The Morgan fingerprint density at radius 3 is 3.06 bits per heavy atom. The molecule has 1 heterocycles. The van der Waals surface area contributed by atoms with Crippen molar-refractivity contribution < 1.29 is 9.53 Å². The molecule has 16 heavy (non-hydrogen) atoms. The minimum atomic E-state index is -0.198. The molecule has 0 saturated heterocycles. The van der Waals surface area contributed by atoms with Gasteiger partial charge in [0.2, 0.25) is 5.91 Å². The summed E-state index contributed by atoms with van der Waals surface area (Å²) in [6.07, 6.45) is 0. The van der Waals surface area contributed by atoms with E-state index in [-0.39, 0.29) is 30.9 Å². The molecule has 0 fully saturated rings. The van der Waals surface area contributed by atoms with Crippen LogP contribution >= 0.6 is 24.0 Å². The number of carbonyl (C=O) groups excluding carboxylic acids is 1. The van der Waals surface area contributed by atoms with Gasteiger partial charge >= 0.3 is 0 Å². The summed E-state index contributed by atoms with van der Waals surface area (Å²) in [5.74, 6) is 0.568. The molecule has 0 saturated carbocycles. The predicted molar refractivity (Wildman–Crippen MR) is 64.1 cm³/mol. The molecule has 1 aromatic rings. The number of benzene rings is 1. The average molecular weight is 263 g/mol. The third-order valence-corrected chi connectivity index (χ3v) is 2.51. The Morgan fingerprint density at radius 1 is 1.62 bits per heavy atom. The number of hydrogen-bond acceptors (Lipinski definition) is 3. The first kappa shape index (κ1) is 13.1. The van der Waals surface area contributed by atoms with Crippen molar-refractivity contribution in [1.82, 2.24) is 5.32 Å². The lowest BCUT2D eigenvalue weighted by Gasteiger charge is -2.10. The molecule has 0 radical (unpaired) electrons. The first-order valence-electron chi connectivity index (χ1n) is 4.62. The molecule has 1 unspecified atom stereocenters. The second-order valence-electron chi connectivity index (χ2n) is 3.32. The summed E-state index contributed by atoms with van der Waals surface area (Å²) in [4.78, 5) is 11.1. The van der Waals surface area contributed by atoms with E-state index in [0.717, 1.165) is 11.3 Å². The molecular weight excluding hydrogens is 251 g/mol. The van der Waals surface area contributed by atoms with E-state index in [0.29, 0.717) is 11.6 Å². The van der Waals surface area contributed by atoms with Gasteiger partial charge in [0.25, 0.3) is 0 Å². The third kappa shape index (κ3) is 2.58. The highest BCUT2D eigenvalue weighted by molar-refractivity contribution is 6.30. The van der Waals surface area contributed by atoms with Gasteiger partial charge in [0.05, 0.1) is 12.6 Å². The molecular formula is C10H12Cl2N2O2. The predicted octanol–water partition coefficient (Wildman–Crippen LogP) is 1.27. The number of hydrogen-bond donors (Lipinski definition) is 2. The molecule has 88 valence electrons. The van der Waals surface area contributed by atoms with Gasteiger partial charge in [0.1, 0.15) is 12.4 Å². The molecule has 0 spiro atoms. The fraction of sp³-hybridized carbons (Fsp3) is 0.300. The van der Waals surface area contributed by atoms with Gasteiger partial charge in [0, 0.05) is 10.6 Å². The van der Waals surface area contributed by atoms with Crippen molar-refractivity contribution in [3.05, 3.63) is 28.8 Å². The standard InChI is InChI=1S/C10H11ClN2O2.ClH/c11-6-1-2-9-7(3-6)8(5-15-9)13-10(14)4-12;/h1-3,8H,4-5,12H2,(H,13,14);1H.